The Morgan fingerprint density at radius 1 is 1.29 bits per heavy atom. The Morgan fingerprint density at radius 3 is 2.76 bits per heavy atom. The number of nitrogens with zero attached hydrogens (tertiary/aromatic N) is 1. The number of nitrogens with one attached hydrogen (secondary N) is 1. The Kier molecular flexibility index (Phi) is 4.82. The molecule has 1 atom stereocenters. The Balaban J connectivity index is 1.38. The molecule has 5 heteroatoms. The van der Waals surface area contributed by atoms with E-state index in [1.165, 1.54) is 19.3 Å². The van der Waals surface area contributed by atoms with Crippen molar-refractivity contribution < 1.29 is 14.6 Å². The van der Waals surface area contributed by atoms with Gasteiger partial charge in [-0.15, -0.1) is 0 Å². The van der Waals surface area contributed by atoms with Crippen LogP contribution in [0.25, 0.3) is 0 Å². The average Bonchev–Trinajstić information content (AvgIpc) is 3.30. The Labute approximate surface area is 127 Å². The van der Waals surface area contributed by atoms with Gasteiger partial charge >= 0.3 is 0 Å². The van der Waals surface area contributed by atoms with Crippen molar-refractivity contribution >= 4 is 5.91 Å². The lowest BCUT2D eigenvalue weighted by atomic mass is 9.82. The molecule has 0 aromatic rings. The van der Waals surface area contributed by atoms with Gasteiger partial charge in [0.25, 0.3) is 0 Å². The number of ether oxygens (including phenoxy) is 1. The largest absolute Gasteiger partial charge is 0.389 e. The maximum atomic E-state index is 12.0. The van der Waals surface area contributed by atoms with Gasteiger partial charge < -0.3 is 15.2 Å². The van der Waals surface area contributed by atoms with Gasteiger partial charge in [-0.05, 0) is 25.7 Å². The molecule has 0 spiro atoms. The first-order valence-corrected chi connectivity index (χ1v) is 8.49. The number of morpholine rings is 1. The molecule has 1 amide bonds. The number of hydrogen-bond donors (Lipinski definition) is 2. The predicted molar refractivity (Wildman–Crippen MR) is 80.0 cm³/mol. The van der Waals surface area contributed by atoms with E-state index in [2.05, 4.69) is 10.2 Å². The van der Waals surface area contributed by atoms with Crippen molar-refractivity contribution in [3.05, 3.63) is 0 Å². The molecule has 120 valence electrons. The first-order chi connectivity index (χ1) is 10.1. The van der Waals surface area contributed by atoms with Gasteiger partial charge in [0.2, 0.25) is 5.91 Å². The Morgan fingerprint density at radius 2 is 2.05 bits per heavy atom. The van der Waals surface area contributed by atoms with Gasteiger partial charge in [0.1, 0.15) is 0 Å². The molecule has 2 aliphatic carbocycles. The molecule has 0 radical (unpaired) electrons. The smallest absolute Gasteiger partial charge is 0.222 e. The third kappa shape index (κ3) is 4.41. The van der Waals surface area contributed by atoms with Crippen LogP contribution in [0.5, 0.6) is 0 Å². The van der Waals surface area contributed by atoms with Crippen LogP contribution in [-0.2, 0) is 9.53 Å². The normalized spacial score (nSPS) is 30.0. The Hall–Kier alpha value is -0.650. The summed E-state index contributed by atoms with van der Waals surface area (Å²) in [6, 6.07) is 0.759. The lowest BCUT2D eigenvalue weighted by Gasteiger charge is -2.34. The summed E-state index contributed by atoms with van der Waals surface area (Å²) in [6.45, 7) is 3.28. The fourth-order valence-corrected chi connectivity index (χ4v) is 3.61. The van der Waals surface area contributed by atoms with Crippen molar-refractivity contribution in [3.8, 4) is 0 Å². The molecule has 5 nitrogen and oxygen atoms in total. The lowest BCUT2D eigenvalue weighted by Crippen LogP contribution is -2.49. The molecule has 1 aliphatic heterocycles. The molecule has 1 unspecified atom stereocenters. The maximum Gasteiger partial charge on any atom is 0.222 e. The van der Waals surface area contributed by atoms with Crippen molar-refractivity contribution in [2.45, 2.75) is 69.1 Å². The molecular weight excluding hydrogens is 268 g/mol. The zero-order chi connectivity index (χ0) is 14.7. The SMILES string of the molecule is O=C(CC1(O)CCCCC1)NCC1CN(C2CC2)CCO1. The summed E-state index contributed by atoms with van der Waals surface area (Å²) in [4.78, 5) is 14.5. The van der Waals surface area contributed by atoms with Gasteiger partial charge in [0, 0.05) is 25.7 Å². The van der Waals surface area contributed by atoms with Gasteiger partial charge in [-0.2, -0.15) is 0 Å². The molecule has 21 heavy (non-hydrogen) atoms. The summed E-state index contributed by atoms with van der Waals surface area (Å²) in [5.74, 6) is -0.0356. The summed E-state index contributed by atoms with van der Waals surface area (Å²) in [6.07, 6.45) is 7.73. The summed E-state index contributed by atoms with van der Waals surface area (Å²) in [5, 5.41) is 13.4. The van der Waals surface area contributed by atoms with E-state index in [4.69, 9.17) is 4.74 Å². The van der Waals surface area contributed by atoms with E-state index >= 15 is 0 Å². The van der Waals surface area contributed by atoms with Gasteiger partial charge in [-0.1, -0.05) is 19.3 Å². The molecular formula is C16H28N2O3. The number of hydrogen-bond acceptors (Lipinski definition) is 4. The summed E-state index contributed by atoms with van der Waals surface area (Å²) in [7, 11) is 0. The second-order valence-electron chi connectivity index (χ2n) is 6.98. The number of amides is 1. The fourth-order valence-electron chi connectivity index (χ4n) is 3.61. The van der Waals surface area contributed by atoms with Crippen LogP contribution in [0.1, 0.15) is 51.4 Å². The number of carbonyl (C=O) groups is 1. The fraction of sp³-hybridized carbons (Fsp3) is 0.938. The minimum absolute atomic E-state index is 0.0356. The van der Waals surface area contributed by atoms with Crippen LogP contribution in [0.4, 0.5) is 0 Å². The molecule has 0 bridgehead atoms. The molecule has 3 rings (SSSR count). The molecule has 2 N–H and O–H groups in total. The lowest BCUT2D eigenvalue weighted by molar-refractivity contribution is -0.128. The van der Waals surface area contributed by atoms with Gasteiger partial charge in [0.15, 0.2) is 0 Å². The maximum absolute atomic E-state index is 12.0. The van der Waals surface area contributed by atoms with Crippen molar-refractivity contribution in [2.75, 3.05) is 26.2 Å². The minimum atomic E-state index is -0.768. The van der Waals surface area contributed by atoms with E-state index in [1.54, 1.807) is 0 Å². The highest BCUT2D eigenvalue weighted by atomic mass is 16.5. The minimum Gasteiger partial charge on any atom is -0.389 e. The van der Waals surface area contributed by atoms with E-state index in [0.29, 0.717) is 6.54 Å². The zero-order valence-corrected chi connectivity index (χ0v) is 12.9. The molecule has 1 heterocycles. The Bertz CT molecular complexity index is 365. The molecule has 1 saturated heterocycles. The van der Waals surface area contributed by atoms with Gasteiger partial charge in [-0.3, -0.25) is 9.69 Å². The number of rotatable bonds is 5. The second-order valence-corrected chi connectivity index (χ2v) is 6.98. The zero-order valence-electron chi connectivity index (χ0n) is 12.9. The molecule has 0 aromatic heterocycles. The van der Waals surface area contributed by atoms with Crippen LogP contribution in [-0.4, -0.2) is 59.9 Å². The van der Waals surface area contributed by atoms with E-state index < -0.39 is 5.60 Å². The van der Waals surface area contributed by atoms with Crippen molar-refractivity contribution in [1.29, 1.82) is 0 Å². The van der Waals surface area contributed by atoms with Crippen LogP contribution in [0.15, 0.2) is 0 Å². The summed E-state index contributed by atoms with van der Waals surface area (Å²) in [5.41, 5.74) is -0.768. The number of aliphatic hydroxyl groups is 1. The average molecular weight is 296 g/mol. The quantitative estimate of drug-likeness (QED) is 0.796. The highest BCUT2D eigenvalue weighted by molar-refractivity contribution is 5.77. The van der Waals surface area contributed by atoms with E-state index in [-0.39, 0.29) is 18.4 Å². The highest BCUT2D eigenvalue weighted by Gasteiger charge is 2.34. The first-order valence-electron chi connectivity index (χ1n) is 8.49. The van der Waals surface area contributed by atoms with Crippen LogP contribution in [0, 0.1) is 0 Å². The van der Waals surface area contributed by atoms with Gasteiger partial charge in [0.05, 0.1) is 24.7 Å². The topological polar surface area (TPSA) is 61.8 Å². The van der Waals surface area contributed by atoms with Gasteiger partial charge in [-0.25, -0.2) is 0 Å². The van der Waals surface area contributed by atoms with Crippen LogP contribution in [0.2, 0.25) is 0 Å². The van der Waals surface area contributed by atoms with E-state index in [0.717, 1.165) is 51.4 Å². The summed E-state index contributed by atoms with van der Waals surface area (Å²) >= 11 is 0. The van der Waals surface area contributed by atoms with Crippen LogP contribution in [0.3, 0.4) is 0 Å². The molecule has 0 aromatic carbocycles. The molecule has 3 aliphatic rings. The van der Waals surface area contributed by atoms with Crippen LogP contribution >= 0.6 is 0 Å². The number of carbonyl (C=O) groups excluding carboxylic acids is 1. The summed E-state index contributed by atoms with van der Waals surface area (Å²) < 4.78 is 5.73. The predicted octanol–water partition coefficient (Wildman–Crippen LogP) is 1.05. The van der Waals surface area contributed by atoms with Crippen molar-refractivity contribution in [2.24, 2.45) is 0 Å². The third-order valence-corrected chi connectivity index (χ3v) is 5.03. The highest BCUT2D eigenvalue weighted by Crippen LogP contribution is 2.31. The van der Waals surface area contributed by atoms with E-state index in [9.17, 15) is 9.90 Å². The molecule has 3 fully saturated rings. The van der Waals surface area contributed by atoms with Crippen LogP contribution < -0.4 is 5.32 Å². The monoisotopic (exact) mass is 296 g/mol. The van der Waals surface area contributed by atoms with Crippen molar-refractivity contribution in [3.63, 3.8) is 0 Å². The van der Waals surface area contributed by atoms with Crippen molar-refractivity contribution in [1.82, 2.24) is 10.2 Å². The molecule has 2 saturated carbocycles. The standard InChI is InChI=1S/C16H28N2O3/c19-15(10-16(20)6-2-1-3-7-16)17-11-14-12-18(8-9-21-14)13-4-5-13/h13-14,20H,1-12H2,(H,17,19). The van der Waals surface area contributed by atoms with E-state index in [1.807, 2.05) is 0 Å². The first kappa shape index (κ1) is 15.3. The second kappa shape index (κ2) is 6.63. The third-order valence-electron chi connectivity index (χ3n) is 5.03.